The van der Waals surface area contributed by atoms with E-state index in [4.69, 9.17) is 0 Å². The van der Waals surface area contributed by atoms with Gasteiger partial charge in [-0.25, -0.2) is 9.97 Å². The Balaban J connectivity index is -0.0000000900. The van der Waals surface area contributed by atoms with Gasteiger partial charge in [0.05, 0.1) is 46.7 Å². The van der Waals surface area contributed by atoms with Gasteiger partial charge in [-0.2, -0.15) is 0 Å². The summed E-state index contributed by atoms with van der Waals surface area (Å²) < 4.78 is 0. The smallest absolute Gasteiger partial charge is 0.543 e. The zero-order valence-corrected chi connectivity index (χ0v) is 19.5. The predicted octanol–water partition coefficient (Wildman–Crippen LogP) is -7.40. The molecule has 0 atom stereocenters. The molecule has 3 heterocycles. The SMILES string of the molecule is O.O.O=C([O-])c1cccc(C(=O)[O-])n1.O=C([O-])c1cccc(C(=O)[O-])n1.[Cu+2].[Cu+2].[OH3+].[OH3+].c1cnccn1. The average molecular weight is 611 g/mol. The molecular weight excluding hydrogens is 591 g/mol. The molecule has 0 spiro atoms. The molecule has 2 radical (unpaired) electrons. The molecule has 0 aromatic carbocycles. The Morgan fingerprint density at radius 1 is 0.500 bits per heavy atom. The molecule has 204 valence electrons. The molecule has 36 heavy (non-hydrogen) atoms. The number of carbonyl (C=O) groups is 4. The summed E-state index contributed by atoms with van der Waals surface area (Å²) in [5.74, 6) is -6.06. The molecule has 0 unspecified atom stereocenters. The van der Waals surface area contributed by atoms with Gasteiger partial charge in [-0.05, 0) is 24.3 Å². The average Bonchev–Trinajstić information content (AvgIpc) is 2.76. The van der Waals surface area contributed by atoms with Crippen molar-refractivity contribution in [2.45, 2.75) is 0 Å². The van der Waals surface area contributed by atoms with Crippen LogP contribution in [0.3, 0.4) is 0 Å². The first-order valence-electron chi connectivity index (χ1n) is 7.71. The third-order valence-electron chi connectivity index (χ3n) is 2.81. The van der Waals surface area contributed by atoms with Gasteiger partial charge in [0.25, 0.3) is 0 Å². The third-order valence-corrected chi connectivity index (χ3v) is 2.81. The van der Waals surface area contributed by atoms with E-state index in [0.717, 1.165) is 24.3 Å². The fourth-order valence-corrected chi connectivity index (χ4v) is 1.58. The van der Waals surface area contributed by atoms with Crippen molar-refractivity contribution >= 4 is 23.9 Å². The maximum Gasteiger partial charge on any atom is 2.00 e. The Kier molecular flexibility index (Phi) is 30.7. The first kappa shape index (κ1) is 45.6. The first-order chi connectivity index (χ1) is 14.2. The molecule has 0 aliphatic carbocycles. The van der Waals surface area contributed by atoms with E-state index < -0.39 is 46.7 Å². The Hall–Kier alpha value is -3.86. The van der Waals surface area contributed by atoms with Crippen molar-refractivity contribution in [3.05, 3.63) is 84.0 Å². The quantitative estimate of drug-likeness (QED) is 0.196. The third kappa shape index (κ3) is 17.6. The van der Waals surface area contributed by atoms with Gasteiger partial charge in [0, 0.05) is 24.8 Å². The number of hydrogen-bond donors (Lipinski definition) is 0. The van der Waals surface area contributed by atoms with Crippen molar-refractivity contribution < 1.29 is 95.6 Å². The summed E-state index contributed by atoms with van der Waals surface area (Å²) in [7, 11) is 0. The predicted molar refractivity (Wildman–Crippen MR) is 105 cm³/mol. The van der Waals surface area contributed by atoms with Crippen molar-refractivity contribution in [2.75, 3.05) is 0 Å². The summed E-state index contributed by atoms with van der Waals surface area (Å²) >= 11 is 0. The van der Waals surface area contributed by atoms with Gasteiger partial charge in [0.2, 0.25) is 0 Å². The van der Waals surface area contributed by atoms with Crippen molar-refractivity contribution in [3.63, 3.8) is 0 Å². The monoisotopic (exact) mass is 610 g/mol. The number of carbonyl (C=O) groups excluding carboxylic acids is 4. The van der Waals surface area contributed by atoms with Crippen LogP contribution < -0.4 is 20.4 Å². The second-order valence-electron chi connectivity index (χ2n) is 4.86. The van der Waals surface area contributed by atoms with Gasteiger partial charge in [0.1, 0.15) is 0 Å². The van der Waals surface area contributed by atoms with Crippen LogP contribution in [-0.4, -0.2) is 54.8 Å². The van der Waals surface area contributed by atoms with E-state index in [1.54, 1.807) is 24.8 Å². The molecule has 3 aromatic heterocycles. The summed E-state index contributed by atoms with van der Waals surface area (Å²) in [6, 6.07) is 7.07. The molecule has 0 aliphatic heterocycles. The fourth-order valence-electron chi connectivity index (χ4n) is 1.58. The molecule has 0 aliphatic rings. The van der Waals surface area contributed by atoms with Gasteiger partial charge >= 0.3 is 34.1 Å². The number of pyridine rings is 2. The van der Waals surface area contributed by atoms with Crippen LogP contribution in [0.2, 0.25) is 0 Å². The van der Waals surface area contributed by atoms with Crippen LogP contribution in [0.5, 0.6) is 0 Å². The van der Waals surface area contributed by atoms with Crippen LogP contribution in [0, 0.1) is 0 Å². The number of rotatable bonds is 4. The van der Waals surface area contributed by atoms with E-state index >= 15 is 0 Å². The molecule has 3 aromatic rings. The molecule has 0 amide bonds. The fraction of sp³-hybridized carbons (Fsp3) is 0. The van der Waals surface area contributed by atoms with Crippen LogP contribution in [-0.2, 0) is 45.1 Å². The number of carboxylic acids is 4. The van der Waals surface area contributed by atoms with Crippen LogP contribution >= 0.6 is 0 Å². The molecule has 0 saturated carbocycles. The first-order valence-corrected chi connectivity index (χ1v) is 7.71. The summed E-state index contributed by atoms with van der Waals surface area (Å²) in [5.41, 5.74) is -1.68. The van der Waals surface area contributed by atoms with Crippen molar-refractivity contribution in [2.24, 2.45) is 0 Å². The van der Waals surface area contributed by atoms with Gasteiger partial charge < -0.3 is 61.5 Å². The molecule has 10 N–H and O–H groups in total. The number of hydrogen-bond acceptors (Lipinski definition) is 12. The Morgan fingerprint density at radius 3 is 0.833 bits per heavy atom. The summed E-state index contributed by atoms with van der Waals surface area (Å²) in [6.45, 7) is 0. The normalized spacial score (nSPS) is 7.56. The Morgan fingerprint density at radius 2 is 0.694 bits per heavy atom. The van der Waals surface area contributed by atoms with Crippen molar-refractivity contribution in [1.29, 1.82) is 0 Å². The topological polar surface area (TPSA) is 341 Å². The van der Waals surface area contributed by atoms with Gasteiger partial charge in [-0.3, -0.25) is 9.97 Å². The van der Waals surface area contributed by atoms with Gasteiger partial charge in [-0.1, -0.05) is 12.1 Å². The van der Waals surface area contributed by atoms with Crippen LogP contribution in [0.15, 0.2) is 61.2 Å². The van der Waals surface area contributed by atoms with E-state index in [0.29, 0.717) is 0 Å². The van der Waals surface area contributed by atoms with E-state index in [1.165, 1.54) is 12.1 Å². The van der Waals surface area contributed by atoms with E-state index in [9.17, 15) is 39.6 Å². The number of aromatic nitrogens is 4. The molecule has 0 saturated heterocycles. The van der Waals surface area contributed by atoms with Crippen LogP contribution in [0.1, 0.15) is 42.0 Å². The maximum atomic E-state index is 10.2. The van der Waals surface area contributed by atoms with E-state index in [-0.39, 0.29) is 56.0 Å². The molecule has 0 bridgehead atoms. The number of nitrogens with zero attached hydrogens (tertiary/aromatic N) is 4. The summed E-state index contributed by atoms with van der Waals surface area (Å²) in [4.78, 5) is 54.7. The number of carboxylic acid groups (broad SMARTS) is 4. The molecule has 16 nitrogen and oxygen atoms in total. The Bertz CT molecular complexity index is 893. The van der Waals surface area contributed by atoms with E-state index in [1.807, 2.05) is 0 Å². The Labute approximate surface area is 223 Å². The van der Waals surface area contributed by atoms with Crippen molar-refractivity contribution in [3.8, 4) is 0 Å². The van der Waals surface area contributed by atoms with Crippen LogP contribution in [0.25, 0.3) is 0 Å². The summed E-state index contributed by atoms with van der Waals surface area (Å²) in [5, 5.41) is 40.8. The number of aromatic carboxylic acids is 4. The molecule has 18 heteroatoms. The zero-order valence-electron chi connectivity index (χ0n) is 17.6. The largest absolute Gasteiger partial charge is 2.00 e. The molecular formula is C18H20Cu2N4O12+2. The molecule has 3 rings (SSSR count). The van der Waals surface area contributed by atoms with E-state index in [2.05, 4.69) is 19.9 Å². The van der Waals surface area contributed by atoms with Crippen molar-refractivity contribution in [1.82, 2.24) is 19.9 Å². The maximum absolute atomic E-state index is 10.2. The second-order valence-corrected chi connectivity index (χ2v) is 4.86. The minimum atomic E-state index is -1.52. The minimum Gasteiger partial charge on any atom is -0.543 e. The van der Waals surface area contributed by atoms with Gasteiger partial charge in [-0.15, -0.1) is 0 Å². The minimum absolute atomic E-state index is 0. The zero-order chi connectivity index (χ0) is 22.5. The van der Waals surface area contributed by atoms with Gasteiger partial charge in [0.15, 0.2) is 0 Å². The van der Waals surface area contributed by atoms with Crippen LogP contribution in [0.4, 0.5) is 0 Å². The standard InChI is InChI=1S/2C7H5NO4.C4H4N2.2Cu.4H2O/c2*9-6(10)4-2-1-3-5(8-4)7(11)12;1-2-6-4-3-5-1;;;;;;/h2*1-3H,(H,9,10)(H,11,12);1-4H;;;4*1H2/q;;;2*+2;;;;/p-2. The molecule has 0 fully saturated rings. The second kappa shape index (κ2) is 24.3. The summed E-state index contributed by atoms with van der Waals surface area (Å²) in [6.07, 6.45) is 6.56.